The molecule has 0 unspecified atom stereocenters. The van der Waals surface area contributed by atoms with Crippen LogP contribution in [0, 0.1) is 0 Å². The summed E-state index contributed by atoms with van der Waals surface area (Å²) in [5, 5.41) is 4.03. The van der Waals surface area contributed by atoms with Crippen LogP contribution in [-0.4, -0.2) is 22.3 Å². The van der Waals surface area contributed by atoms with E-state index in [9.17, 15) is 4.79 Å². The molecule has 0 N–H and O–H groups in total. The topological polar surface area (TPSA) is 46.3 Å². The van der Waals surface area contributed by atoms with E-state index in [0.717, 1.165) is 5.56 Å². The second-order valence-electron chi connectivity index (χ2n) is 4.08. The van der Waals surface area contributed by atoms with E-state index in [4.69, 9.17) is 4.42 Å². The largest absolute Gasteiger partial charge is 0.448 e. The Labute approximate surface area is 116 Å². The van der Waals surface area contributed by atoms with Gasteiger partial charge in [-0.05, 0) is 22.4 Å². The molecule has 0 saturated carbocycles. The number of thiophene rings is 1. The van der Waals surface area contributed by atoms with Crippen molar-refractivity contribution in [3.8, 4) is 0 Å². The second kappa shape index (κ2) is 6.33. The van der Waals surface area contributed by atoms with Gasteiger partial charge in [-0.3, -0.25) is 4.79 Å². The minimum absolute atomic E-state index is 0.114. The zero-order chi connectivity index (χ0) is 13.7. The molecule has 0 spiro atoms. The number of oxazole rings is 1. The van der Waals surface area contributed by atoms with Gasteiger partial charge in [0.05, 0.1) is 0 Å². The van der Waals surface area contributed by atoms with Crippen LogP contribution in [0.3, 0.4) is 0 Å². The van der Waals surface area contributed by atoms with Crippen molar-refractivity contribution in [2.45, 2.75) is 19.9 Å². The Morgan fingerprint density at radius 2 is 2.47 bits per heavy atom. The fourth-order valence-electron chi connectivity index (χ4n) is 1.82. The third kappa shape index (κ3) is 3.12. The molecule has 100 valence electrons. The second-order valence-corrected chi connectivity index (χ2v) is 4.86. The molecule has 0 aliphatic rings. The highest BCUT2D eigenvalue weighted by molar-refractivity contribution is 7.07. The van der Waals surface area contributed by atoms with Crippen LogP contribution >= 0.6 is 11.3 Å². The van der Waals surface area contributed by atoms with E-state index in [0.29, 0.717) is 31.0 Å². The summed E-state index contributed by atoms with van der Waals surface area (Å²) in [4.78, 5) is 18.2. The molecule has 2 aromatic heterocycles. The van der Waals surface area contributed by atoms with Crippen LogP contribution < -0.4 is 0 Å². The molecular formula is C14H16N2O2S. The molecule has 4 nitrogen and oxygen atoms in total. The summed E-state index contributed by atoms with van der Waals surface area (Å²) < 4.78 is 5.22. The maximum Gasteiger partial charge on any atom is 0.276 e. The fourth-order valence-corrected chi connectivity index (χ4v) is 2.48. The smallest absolute Gasteiger partial charge is 0.276 e. The molecule has 0 aliphatic heterocycles. The van der Waals surface area contributed by atoms with Crippen LogP contribution in [0.2, 0.25) is 0 Å². The number of carbonyl (C=O) groups is 1. The third-order valence-corrected chi connectivity index (χ3v) is 3.49. The number of hydrogen-bond acceptors (Lipinski definition) is 4. The Kier molecular flexibility index (Phi) is 4.52. The lowest BCUT2D eigenvalue weighted by Crippen LogP contribution is -2.31. The fraction of sp³-hybridized carbons (Fsp3) is 0.286. The van der Waals surface area contributed by atoms with E-state index in [1.54, 1.807) is 22.3 Å². The molecule has 1 amide bonds. The van der Waals surface area contributed by atoms with Crippen LogP contribution in [0.15, 0.2) is 40.3 Å². The van der Waals surface area contributed by atoms with Gasteiger partial charge in [0.15, 0.2) is 12.1 Å². The molecule has 0 saturated heterocycles. The van der Waals surface area contributed by atoms with E-state index in [1.165, 1.54) is 6.39 Å². The van der Waals surface area contributed by atoms with E-state index in [1.807, 2.05) is 23.8 Å². The van der Waals surface area contributed by atoms with Crippen molar-refractivity contribution in [3.63, 3.8) is 0 Å². The van der Waals surface area contributed by atoms with E-state index >= 15 is 0 Å². The first-order chi connectivity index (χ1) is 9.26. The van der Waals surface area contributed by atoms with Crippen LogP contribution in [0.1, 0.15) is 28.7 Å². The molecule has 0 aliphatic carbocycles. The van der Waals surface area contributed by atoms with Crippen molar-refractivity contribution < 1.29 is 9.21 Å². The van der Waals surface area contributed by atoms with Gasteiger partial charge in [-0.1, -0.05) is 13.0 Å². The van der Waals surface area contributed by atoms with Crippen molar-refractivity contribution in [2.24, 2.45) is 0 Å². The van der Waals surface area contributed by atoms with Crippen molar-refractivity contribution in [2.75, 3.05) is 6.54 Å². The number of hydrogen-bond donors (Lipinski definition) is 0. The van der Waals surface area contributed by atoms with Gasteiger partial charge >= 0.3 is 0 Å². The SMILES string of the molecule is C=CCN(Cc1ccsc1)C(=O)c1ncoc1CC. The summed E-state index contributed by atoms with van der Waals surface area (Å²) in [6.07, 6.45) is 3.69. The Morgan fingerprint density at radius 3 is 3.11 bits per heavy atom. The Morgan fingerprint density at radius 1 is 1.63 bits per heavy atom. The molecular weight excluding hydrogens is 260 g/mol. The standard InChI is InChI=1S/C14H16N2O2S/c1-3-6-16(8-11-5-7-19-9-11)14(17)13-12(4-2)18-10-15-13/h3,5,7,9-10H,1,4,6,8H2,2H3. The van der Waals surface area contributed by atoms with Gasteiger partial charge in [0.25, 0.3) is 5.91 Å². The van der Waals surface area contributed by atoms with Crippen LogP contribution in [0.25, 0.3) is 0 Å². The summed E-state index contributed by atoms with van der Waals surface area (Å²) >= 11 is 1.62. The average molecular weight is 276 g/mol. The number of aromatic nitrogens is 1. The van der Waals surface area contributed by atoms with Crippen LogP contribution in [0.4, 0.5) is 0 Å². The highest BCUT2D eigenvalue weighted by Crippen LogP contribution is 2.15. The van der Waals surface area contributed by atoms with Gasteiger partial charge in [-0.15, -0.1) is 6.58 Å². The molecule has 2 heterocycles. The number of carbonyl (C=O) groups excluding carboxylic acids is 1. The highest BCUT2D eigenvalue weighted by Gasteiger charge is 2.21. The lowest BCUT2D eigenvalue weighted by atomic mass is 10.2. The van der Waals surface area contributed by atoms with Crippen molar-refractivity contribution >= 4 is 17.2 Å². The molecule has 0 bridgehead atoms. The molecule has 2 rings (SSSR count). The molecule has 0 aromatic carbocycles. The van der Waals surface area contributed by atoms with E-state index < -0.39 is 0 Å². The third-order valence-electron chi connectivity index (χ3n) is 2.75. The first kappa shape index (κ1) is 13.5. The zero-order valence-corrected chi connectivity index (χ0v) is 11.7. The maximum atomic E-state index is 12.5. The molecule has 5 heteroatoms. The Bertz CT molecular complexity index is 546. The number of amides is 1. The number of rotatable bonds is 6. The van der Waals surface area contributed by atoms with Gasteiger partial charge in [-0.2, -0.15) is 11.3 Å². The normalized spacial score (nSPS) is 10.4. The van der Waals surface area contributed by atoms with E-state index in [2.05, 4.69) is 11.6 Å². The molecule has 0 fully saturated rings. The number of nitrogens with zero attached hydrogens (tertiary/aromatic N) is 2. The first-order valence-corrected chi connectivity index (χ1v) is 7.04. The average Bonchev–Trinajstić information content (AvgIpc) is 3.08. The van der Waals surface area contributed by atoms with Gasteiger partial charge in [0.2, 0.25) is 0 Å². The monoisotopic (exact) mass is 276 g/mol. The number of aryl methyl sites for hydroxylation is 1. The predicted molar refractivity (Wildman–Crippen MR) is 75.1 cm³/mol. The minimum atomic E-state index is -0.114. The summed E-state index contributed by atoms with van der Waals surface area (Å²) in [5.41, 5.74) is 1.52. The lowest BCUT2D eigenvalue weighted by molar-refractivity contribution is 0.0755. The Hall–Kier alpha value is -1.88. The quantitative estimate of drug-likeness (QED) is 0.761. The zero-order valence-electron chi connectivity index (χ0n) is 10.8. The van der Waals surface area contributed by atoms with Crippen LogP contribution in [0.5, 0.6) is 0 Å². The Balaban J connectivity index is 2.18. The van der Waals surface area contributed by atoms with Crippen LogP contribution in [-0.2, 0) is 13.0 Å². The lowest BCUT2D eigenvalue weighted by Gasteiger charge is -2.19. The summed E-state index contributed by atoms with van der Waals surface area (Å²) in [5.74, 6) is 0.515. The molecule has 0 radical (unpaired) electrons. The van der Waals surface area contributed by atoms with Gasteiger partial charge in [0.1, 0.15) is 5.76 Å². The minimum Gasteiger partial charge on any atom is -0.448 e. The van der Waals surface area contributed by atoms with Gasteiger partial charge in [-0.25, -0.2) is 4.98 Å². The highest BCUT2D eigenvalue weighted by atomic mass is 32.1. The van der Waals surface area contributed by atoms with E-state index in [-0.39, 0.29) is 5.91 Å². The predicted octanol–water partition coefficient (Wildman–Crippen LogP) is 3.13. The summed E-state index contributed by atoms with van der Waals surface area (Å²) in [6.45, 7) is 6.69. The molecule has 2 aromatic rings. The summed E-state index contributed by atoms with van der Waals surface area (Å²) in [6, 6.07) is 2.01. The summed E-state index contributed by atoms with van der Waals surface area (Å²) in [7, 11) is 0. The van der Waals surface area contributed by atoms with Crippen molar-refractivity contribution in [1.29, 1.82) is 0 Å². The molecule has 19 heavy (non-hydrogen) atoms. The van der Waals surface area contributed by atoms with Crippen molar-refractivity contribution in [1.82, 2.24) is 9.88 Å². The van der Waals surface area contributed by atoms with Crippen molar-refractivity contribution in [3.05, 3.63) is 52.9 Å². The first-order valence-electron chi connectivity index (χ1n) is 6.09. The van der Waals surface area contributed by atoms with Gasteiger partial charge < -0.3 is 9.32 Å². The maximum absolute atomic E-state index is 12.5. The molecule has 0 atom stereocenters. The van der Waals surface area contributed by atoms with Gasteiger partial charge in [0, 0.05) is 19.5 Å².